The molecule has 1 aromatic heterocycles. The average Bonchev–Trinajstić information content (AvgIpc) is 2.61. The molecule has 90 valence electrons. The van der Waals surface area contributed by atoms with Crippen LogP contribution in [0.2, 0.25) is 15.1 Å². The van der Waals surface area contributed by atoms with Gasteiger partial charge in [0.25, 0.3) is 0 Å². The van der Waals surface area contributed by atoms with Gasteiger partial charge in [0.2, 0.25) is 0 Å². The van der Waals surface area contributed by atoms with Crippen molar-refractivity contribution in [2.24, 2.45) is 7.05 Å². The van der Waals surface area contributed by atoms with Gasteiger partial charge in [0.1, 0.15) is 6.10 Å². The van der Waals surface area contributed by atoms with Gasteiger partial charge in [-0.2, -0.15) is 5.10 Å². The van der Waals surface area contributed by atoms with Gasteiger partial charge in [0, 0.05) is 22.7 Å². The van der Waals surface area contributed by atoms with Gasteiger partial charge in [-0.3, -0.25) is 4.68 Å². The highest BCUT2D eigenvalue weighted by molar-refractivity contribution is 6.34. The molecule has 6 heteroatoms. The van der Waals surface area contributed by atoms with Gasteiger partial charge >= 0.3 is 0 Å². The van der Waals surface area contributed by atoms with Crippen LogP contribution < -0.4 is 0 Å². The van der Waals surface area contributed by atoms with Crippen molar-refractivity contribution >= 4 is 34.8 Å². The molecule has 1 unspecified atom stereocenters. The van der Waals surface area contributed by atoms with Crippen molar-refractivity contribution in [2.75, 3.05) is 0 Å². The van der Waals surface area contributed by atoms with Crippen LogP contribution in [0.4, 0.5) is 0 Å². The third kappa shape index (κ3) is 2.43. The molecule has 1 aromatic carbocycles. The van der Waals surface area contributed by atoms with Gasteiger partial charge in [-0.25, -0.2) is 0 Å². The van der Waals surface area contributed by atoms with E-state index in [-0.39, 0.29) is 0 Å². The van der Waals surface area contributed by atoms with E-state index >= 15 is 0 Å². The summed E-state index contributed by atoms with van der Waals surface area (Å²) in [6, 6.07) is 4.90. The molecule has 0 saturated carbocycles. The minimum atomic E-state index is -0.957. The van der Waals surface area contributed by atoms with Crippen LogP contribution in [-0.4, -0.2) is 14.9 Å². The summed E-state index contributed by atoms with van der Waals surface area (Å²) in [5.74, 6) is 0. The van der Waals surface area contributed by atoms with Crippen molar-refractivity contribution in [1.29, 1.82) is 0 Å². The Balaban J connectivity index is 2.50. The van der Waals surface area contributed by atoms with Gasteiger partial charge in [-0.05, 0) is 18.2 Å². The summed E-state index contributed by atoms with van der Waals surface area (Å²) in [4.78, 5) is 0. The first-order chi connectivity index (χ1) is 8.00. The van der Waals surface area contributed by atoms with E-state index in [0.29, 0.717) is 26.3 Å². The molecule has 0 fully saturated rings. The molecule has 0 aliphatic heterocycles. The predicted octanol–water partition coefficient (Wildman–Crippen LogP) is 3.46. The molecule has 0 amide bonds. The zero-order valence-electron chi connectivity index (χ0n) is 8.86. The van der Waals surface area contributed by atoms with E-state index in [1.807, 2.05) is 0 Å². The lowest BCUT2D eigenvalue weighted by molar-refractivity contribution is 0.210. The molecule has 2 rings (SSSR count). The molecule has 1 heterocycles. The number of aryl methyl sites for hydroxylation is 1. The Hall–Kier alpha value is -0.740. The summed E-state index contributed by atoms with van der Waals surface area (Å²) in [7, 11) is 1.70. The van der Waals surface area contributed by atoms with E-state index in [9.17, 15) is 5.11 Å². The van der Waals surface area contributed by atoms with Gasteiger partial charge in [-0.15, -0.1) is 0 Å². The van der Waals surface area contributed by atoms with Crippen molar-refractivity contribution < 1.29 is 5.11 Å². The highest BCUT2D eigenvalue weighted by Gasteiger charge is 2.20. The van der Waals surface area contributed by atoms with Crippen molar-refractivity contribution in [3.05, 3.63) is 50.7 Å². The molecule has 0 radical (unpaired) electrons. The van der Waals surface area contributed by atoms with Crippen LogP contribution in [-0.2, 0) is 7.05 Å². The molecule has 0 spiro atoms. The van der Waals surface area contributed by atoms with E-state index in [4.69, 9.17) is 34.8 Å². The number of benzene rings is 1. The van der Waals surface area contributed by atoms with E-state index < -0.39 is 6.10 Å². The Morgan fingerprint density at radius 2 is 1.94 bits per heavy atom. The summed E-state index contributed by atoms with van der Waals surface area (Å²) in [5.41, 5.74) is 0.987. The lowest BCUT2D eigenvalue weighted by atomic mass is 10.1. The Morgan fingerprint density at radius 3 is 2.53 bits per heavy atom. The first kappa shape index (κ1) is 12.7. The number of hydrogen-bond acceptors (Lipinski definition) is 2. The number of halogens is 3. The highest BCUT2D eigenvalue weighted by Crippen LogP contribution is 2.33. The molecule has 1 atom stereocenters. The molecule has 3 nitrogen and oxygen atoms in total. The Morgan fingerprint density at radius 1 is 1.24 bits per heavy atom. The van der Waals surface area contributed by atoms with E-state index in [1.54, 1.807) is 25.2 Å². The molecule has 0 bridgehead atoms. The second-order valence-corrected chi connectivity index (χ2v) is 4.82. The van der Waals surface area contributed by atoms with Crippen molar-refractivity contribution in [2.45, 2.75) is 6.10 Å². The van der Waals surface area contributed by atoms with Crippen LogP contribution in [0.5, 0.6) is 0 Å². The average molecular weight is 292 g/mol. The fraction of sp³-hybridized carbons (Fsp3) is 0.182. The maximum Gasteiger partial charge on any atom is 0.124 e. The first-order valence-corrected chi connectivity index (χ1v) is 5.94. The highest BCUT2D eigenvalue weighted by atomic mass is 35.5. The topological polar surface area (TPSA) is 38.0 Å². The third-order valence-corrected chi connectivity index (χ3v) is 3.32. The van der Waals surface area contributed by atoms with Crippen molar-refractivity contribution in [3.8, 4) is 0 Å². The number of hydrogen-bond donors (Lipinski definition) is 1. The minimum absolute atomic E-state index is 0.385. The third-order valence-electron chi connectivity index (χ3n) is 2.45. The smallest absolute Gasteiger partial charge is 0.124 e. The molecule has 0 saturated heterocycles. The number of nitrogens with zero attached hydrogens (tertiary/aromatic N) is 2. The van der Waals surface area contributed by atoms with E-state index in [2.05, 4.69) is 5.10 Å². The number of aromatic nitrogens is 2. The summed E-state index contributed by atoms with van der Waals surface area (Å²) in [6.45, 7) is 0. The van der Waals surface area contributed by atoms with Crippen LogP contribution in [0.1, 0.15) is 17.4 Å². The van der Waals surface area contributed by atoms with Gasteiger partial charge < -0.3 is 5.11 Å². The lowest BCUT2D eigenvalue weighted by Gasteiger charge is -2.14. The number of aliphatic hydroxyl groups is 1. The first-order valence-electron chi connectivity index (χ1n) is 4.81. The molecule has 17 heavy (non-hydrogen) atoms. The van der Waals surface area contributed by atoms with Gasteiger partial charge in [-0.1, -0.05) is 34.8 Å². The molecule has 0 aliphatic carbocycles. The Bertz CT molecular complexity index is 534. The molecular formula is C11H9Cl3N2O. The van der Waals surface area contributed by atoms with Gasteiger partial charge in [0.05, 0.1) is 16.9 Å². The second-order valence-electron chi connectivity index (χ2n) is 3.57. The van der Waals surface area contributed by atoms with Crippen LogP contribution in [0.25, 0.3) is 0 Å². The Kier molecular flexibility index (Phi) is 3.64. The van der Waals surface area contributed by atoms with Gasteiger partial charge in [0.15, 0.2) is 0 Å². The quantitative estimate of drug-likeness (QED) is 0.920. The standard InChI is InChI=1S/C11H9Cl3N2O/c1-16-10(9(14)5-15-16)11(17)7-4-6(12)2-3-8(7)13/h2-5,11,17H,1H3. The van der Waals surface area contributed by atoms with Crippen molar-refractivity contribution in [1.82, 2.24) is 9.78 Å². The number of rotatable bonds is 2. The fourth-order valence-corrected chi connectivity index (χ4v) is 2.27. The maximum atomic E-state index is 10.3. The summed E-state index contributed by atoms with van der Waals surface area (Å²) in [5, 5.41) is 15.5. The summed E-state index contributed by atoms with van der Waals surface area (Å²) >= 11 is 17.9. The van der Waals surface area contributed by atoms with Crippen LogP contribution in [0, 0.1) is 0 Å². The lowest BCUT2D eigenvalue weighted by Crippen LogP contribution is -2.07. The SMILES string of the molecule is Cn1ncc(Cl)c1C(O)c1cc(Cl)ccc1Cl. The predicted molar refractivity (Wildman–Crippen MR) is 68.7 cm³/mol. The molecular weight excluding hydrogens is 282 g/mol. The normalized spacial score (nSPS) is 12.8. The Labute approximate surface area is 114 Å². The number of aliphatic hydroxyl groups excluding tert-OH is 1. The van der Waals surface area contributed by atoms with Crippen LogP contribution >= 0.6 is 34.8 Å². The monoisotopic (exact) mass is 290 g/mol. The summed E-state index contributed by atoms with van der Waals surface area (Å²) < 4.78 is 1.50. The molecule has 1 N–H and O–H groups in total. The van der Waals surface area contributed by atoms with E-state index in [1.165, 1.54) is 10.9 Å². The van der Waals surface area contributed by atoms with Crippen molar-refractivity contribution in [3.63, 3.8) is 0 Å². The van der Waals surface area contributed by atoms with Crippen LogP contribution in [0.15, 0.2) is 24.4 Å². The molecule has 2 aromatic rings. The fourth-order valence-electron chi connectivity index (χ4n) is 1.60. The second kappa shape index (κ2) is 4.86. The maximum absolute atomic E-state index is 10.3. The zero-order valence-corrected chi connectivity index (χ0v) is 11.1. The largest absolute Gasteiger partial charge is 0.382 e. The van der Waals surface area contributed by atoms with Crippen LogP contribution in [0.3, 0.4) is 0 Å². The van der Waals surface area contributed by atoms with E-state index in [0.717, 1.165) is 0 Å². The summed E-state index contributed by atoms with van der Waals surface area (Å²) in [6.07, 6.45) is 0.514. The molecule has 0 aliphatic rings. The zero-order chi connectivity index (χ0) is 12.6. The minimum Gasteiger partial charge on any atom is -0.382 e.